The molecule has 12 rings (SSSR count). The third kappa shape index (κ3) is 12.9. The SMILES string of the molecule is CO.Cc1noc(-c2ccc3c(c2)CCc2cc(C4(OC=O)CC4)ccc2-3)c1NC(=O)O[C@H](C)c1ccccc1.Cc1noc(-c2ccc3c(c2)CCc2cc([C-]4CC4)ccc2-3)c1NC(=O)O[C@H](C)c1ccccc1.O=C=O.[Na+]. The Hall–Kier alpha value is -8.04. The van der Waals surface area contributed by atoms with Gasteiger partial charge in [0.15, 0.2) is 11.5 Å². The van der Waals surface area contributed by atoms with Gasteiger partial charge in [0.25, 0.3) is 6.47 Å². The summed E-state index contributed by atoms with van der Waals surface area (Å²) in [5.41, 5.74) is 18.0. The maximum Gasteiger partial charge on any atom is 1.00 e. The minimum Gasteiger partial charge on any atom is -0.456 e. The van der Waals surface area contributed by atoms with Crippen molar-refractivity contribution in [2.24, 2.45) is 0 Å². The van der Waals surface area contributed by atoms with Crippen LogP contribution in [-0.2, 0) is 59.9 Å². The smallest absolute Gasteiger partial charge is 0.456 e. The number of aromatic nitrogens is 2. The van der Waals surface area contributed by atoms with Gasteiger partial charge in [-0.3, -0.25) is 15.4 Å². The molecule has 2 atom stereocenters. The second-order valence-corrected chi connectivity index (χ2v) is 19.5. The van der Waals surface area contributed by atoms with E-state index in [4.69, 9.17) is 38.0 Å². The molecule has 16 heteroatoms. The molecule has 0 radical (unpaired) electrons. The molecule has 2 fully saturated rings. The number of nitrogens with zero attached hydrogens (tertiary/aromatic N) is 2. The summed E-state index contributed by atoms with van der Waals surface area (Å²) in [6, 6.07) is 45.1. The van der Waals surface area contributed by atoms with E-state index in [1.54, 1.807) is 12.8 Å². The van der Waals surface area contributed by atoms with E-state index in [2.05, 4.69) is 81.6 Å². The number of hydrogen-bond donors (Lipinski definition) is 3. The molecule has 79 heavy (non-hydrogen) atoms. The van der Waals surface area contributed by atoms with Gasteiger partial charge in [-0.1, -0.05) is 132 Å². The average Bonchev–Trinajstić information content (AvgIpc) is 4.56. The molecule has 2 aromatic heterocycles. The van der Waals surface area contributed by atoms with Crippen molar-refractivity contribution in [2.45, 2.75) is 96.9 Å². The standard InChI is InChI=1S/C31H28N2O5.C30H27N2O3.CO2.CH4O.Na/c1-19-28(32-30(35)37-20(2)21-6-4-3-5-7-21)29(38-33-19)24-10-12-26-22(16-24)8-9-23-17-25(11-13-27(23)26)31(14-15-31)36-18-34;1-18-28(31-30(33)34-19(2)20-6-4-3-5-7-20)29(35-32-18)25-13-15-27-24(17-25)11-10-23-16-22(21-8-9-21)12-14-26(23)27;2-1-3;1-2;/h3-7,10-13,16-18,20H,8-9,14-15H2,1-2H3,(H,32,35);3-7,12-17,19H,8-11H2,1-2H3,(H,31,33);;2H,1H3;/q;-1;;;+1/t20-;19-;;;/m11.../s1. The van der Waals surface area contributed by atoms with E-state index in [9.17, 15) is 14.4 Å². The maximum absolute atomic E-state index is 12.7. The van der Waals surface area contributed by atoms with E-state index in [1.165, 1.54) is 62.9 Å². The number of amides is 2. The number of rotatable bonds is 12. The molecule has 2 amide bonds. The molecule has 0 unspecified atom stereocenters. The van der Waals surface area contributed by atoms with Gasteiger partial charge >= 0.3 is 47.9 Å². The molecule has 6 aromatic carbocycles. The number of aliphatic hydroxyl groups excluding tert-OH is 1. The van der Waals surface area contributed by atoms with E-state index >= 15 is 0 Å². The van der Waals surface area contributed by atoms with Crippen LogP contribution in [0, 0.1) is 19.8 Å². The Kier molecular flexibility index (Phi) is 18.5. The van der Waals surface area contributed by atoms with Crippen molar-refractivity contribution >= 4 is 36.2 Å². The molecule has 2 heterocycles. The van der Waals surface area contributed by atoms with Crippen molar-refractivity contribution in [1.82, 2.24) is 10.3 Å². The number of carbonyl (C=O) groups excluding carboxylic acids is 5. The first-order chi connectivity index (χ1) is 37.9. The molecular formula is C63H59N4NaO11. The molecule has 398 valence electrons. The van der Waals surface area contributed by atoms with Crippen LogP contribution >= 0.6 is 0 Å². The van der Waals surface area contributed by atoms with Crippen LogP contribution in [0.15, 0.2) is 143 Å². The minimum absolute atomic E-state index is 0. The monoisotopic (exact) mass is 1070 g/mol. The molecular weight excluding hydrogens is 1010 g/mol. The number of aliphatic hydroxyl groups is 1. The third-order valence-electron chi connectivity index (χ3n) is 14.6. The van der Waals surface area contributed by atoms with Gasteiger partial charge in [-0.05, 0) is 134 Å². The van der Waals surface area contributed by atoms with Gasteiger partial charge in [0.2, 0.25) is 0 Å². The molecule has 4 aliphatic rings. The van der Waals surface area contributed by atoms with Crippen molar-refractivity contribution < 1.29 is 81.9 Å². The zero-order chi connectivity index (χ0) is 54.9. The molecule has 4 aliphatic carbocycles. The Labute approximate surface area is 480 Å². The summed E-state index contributed by atoms with van der Waals surface area (Å²) in [6.07, 6.45) is 6.36. The summed E-state index contributed by atoms with van der Waals surface area (Å²) in [7, 11) is 1.00. The fraction of sp³-hybridized carbons (Fsp3) is 0.254. The Morgan fingerprint density at radius 2 is 1.03 bits per heavy atom. The molecule has 8 aromatic rings. The Morgan fingerprint density at radius 1 is 0.620 bits per heavy atom. The zero-order valence-corrected chi connectivity index (χ0v) is 47.0. The fourth-order valence-electron chi connectivity index (χ4n) is 10.2. The van der Waals surface area contributed by atoms with Crippen molar-refractivity contribution in [3.05, 3.63) is 195 Å². The zero-order valence-electron chi connectivity index (χ0n) is 45.0. The number of carbonyl (C=O) groups is 3. The second-order valence-electron chi connectivity index (χ2n) is 19.5. The van der Waals surface area contributed by atoms with Crippen LogP contribution in [0.3, 0.4) is 0 Å². The van der Waals surface area contributed by atoms with Gasteiger partial charge in [-0.2, -0.15) is 33.2 Å². The third-order valence-corrected chi connectivity index (χ3v) is 14.6. The normalized spacial score (nSPS) is 14.1. The first-order valence-electron chi connectivity index (χ1n) is 25.9. The van der Waals surface area contributed by atoms with Gasteiger partial charge in [0.05, 0.1) is 0 Å². The van der Waals surface area contributed by atoms with Crippen LogP contribution in [-0.4, -0.2) is 47.3 Å². The molecule has 2 saturated carbocycles. The molecule has 15 nitrogen and oxygen atoms in total. The first kappa shape index (κ1) is 57.1. The van der Waals surface area contributed by atoms with Crippen LogP contribution in [0.25, 0.3) is 44.9 Å². The molecule has 0 bridgehead atoms. The number of anilines is 2. The predicted octanol–water partition coefficient (Wildman–Crippen LogP) is 10.4. The van der Waals surface area contributed by atoms with E-state index in [1.807, 2.05) is 93.6 Å². The van der Waals surface area contributed by atoms with E-state index in [0.29, 0.717) is 40.8 Å². The molecule has 0 spiro atoms. The van der Waals surface area contributed by atoms with Crippen LogP contribution in [0.5, 0.6) is 0 Å². The summed E-state index contributed by atoms with van der Waals surface area (Å²) in [4.78, 5) is 52.6. The van der Waals surface area contributed by atoms with E-state index < -0.39 is 23.9 Å². The number of nitrogens with one attached hydrogen (secondary N) is 2. The summed E-state index contributed by atoms with van der Waals surface area (Å²) in [5.74, 6) is 2.62. The number of hydrogen-bond acceptors (Lipinski definition) is 13. The van der Waals surface area contributed by atoms with E-state index in [-0.39, 0.29) is 41.8 Å². The summed E-state index contributed by atoms with van der Waals surface area (Å²) >= 11 is 0. The number of aryl methyl sites for hydroxylation is 6. The second kappa shape index (κ2) is 25.6. The summed E-state index contributed by atoms with van der Waals surface area (Å²) in [6.45, 7) is 7.84. The van der Waals surface area contributed by atoms with Crippen LogP contribution in [0.1, 0.15) is 108 Å². The van der Waals surface area contributed by atoms with Crippen molar-refractivity contribution in [3.8, 4) is 44.9 Å². The fourth-order valence-corrected chi connectivity index (χ4v) is 10.2. The predicted molar refractivity (Wildman–Crippen MR) is 292 cm³/mol. The largest absolute Gasteiger partial charge is 1.00 e. The van der Waals surface area contributed by atoms with Crippen molar-refractivity contribution in [2.75, 3.05) is 17.7 Å². The Bertz CT molecular complexity index is 3490. The van der Waals surface area contributed by atoms with Gasteiger partial charge in [0, 0.05) is 18.2 Å². The first-order valence-corrected chi connectivity index (χ1v) is 25.9. The quantitative estimate of drug-likeness (QED) is 0.0451. The van der Waals surface area contributed by atoms with Crippen LogP contribution < -0.4 is 40.2 Å². The molecule has 0 saturated heterocycles. The van der Waals surface area contributed by atoms with Crippen LogP contribution in [0.4, 0.5) is 21.0 Å². The average molecular weight is 1070 g/mol. The minimum atomic E-state index is -0.566. The molecule has 3 N–H and O–H groups in total. The summed E-state index contributed by atoms with van der Waals surface area (Å²) in [5, 5.41) is 20.9. The topological polar surface area (TPSA) is 209 Å². The number of benzene rings is 6. The van der Waals surface area contributed by atoms with Gasteiger partial charge in [-0.25, -0.2) is 9.59 Å². The number of fused-ring (bicyclic) bond motifs is 6. The van der Waals surface area contributed by atoms with Gasteiger partial charge < -0.3 is 28.4 Å². The van der Waals surface area contributed by atoms with Crippen LogP contribution in [0.2, 0.25) is 0 Å². The Morgan fingerprint density at radius 3 is 1.44 bits per heavy atom. The van der Waals surface area contributed by atoms with E-state index in [0.717, 1.165) is 73.5 Å². The molecule has 0 aliphatic heterocycles. The van der Waals surface area contributed by atoms with Crippen molar-refractivity contribution in [1.29, 1.82) is 0 Å². The Balaban J connectivity index is 0.000000191. The van der Waals surface area contributed by atoms with Gasteiger partial charge in [0.1, 0.15) is 40.6 Å². The maximum atomic E-state index is 12.7. The summed E-state index contributed by atoms with van der Waals surface area (Å²) < 4.78 is 27.9. The van der Waals surface area contributed by atoms with Crippen molar-refractivity contribution in [3.63, 3.8) is 0 Å². The van der Waals surface area contributed by atoms with Gasteiger partial charge in [-0.15, -0.1) is 6.07 Å². The number of ether oxygens (including phenoxy) is 3.